The van der Waals surface area contributed by atoms with Gasteiger partial charge in [-0.25, -0.2) is 9.79 Å². The summed E-state index contributed by atoms with van der Waals surface area (Å²) in [5, 5.41) is 8.94. The van der Waals surface area contributed by atoms with Crippen LogP contribution in [0.25, 0.3) is 0 Å². The number of fused-ring (bicyclic) bond motifs is 1. The number of benzene rings is 1. The third kappa shape index (κ3) is 2.81. The van der Waals surface area contributed by atoms with Crippen molar-refractivity contribution in [1.29, 1.82) is 0 Å². The van der Waals surface area contributed by atoms with Gasteiger partial charge in [0.15, 0.2) is 0 Å². The first kappa shape index (κ1) is 16.0. The summed E-state index contributed by atoms with van der Waals surface area (Å²) in [6.07, 6.45) is -7.05. The predicted molar refractivity (Wildman–Crippen MR) is 66.1 cm³/mol. The minimum atomic E-state index is -5.74. The van der Waals surface area contributed by atoms with Crippen molar-refractivity contribution in [3.8, 4) is 0 Å². The molecule has 0 aromatic heterocycles. The highest BCUT2D eigenvalue weighted by Crippen LogP contribution is 2.45. The van der Waals surface area contributed by atoms with Crippen molar-refractivity contribution in [2.24, 2.45) is 10.7 Å². The van der Waals surface area contributed by atoms with Crippen molar-refractivity contribution in [2.45, 2.75) is 18.6 Å². The Kier molecular flexibility index (Phi) is 3.71. The SMILES string of the molecule is NC1=Nc2cc(C(F)(F)C(F)(F)F)ccc2CN(C(=O)O)C1. The van der Waals surface area contributed by atoms with Crippen molar-refractivity contribution < 1.29 is 31.9 Å². The Morgan fingerprint density at radius 1 is 1.23 bits per heavy atom. The largest absolute Gasteiger partial charge is 0.465 e. The first-order chi connectivity index (χ1) is 10.0. The molecule has 1 heterocycles. The van der Waals surface area contributed by atoms with E-state index in [-0.39, 0.29) is 30.2 Å². The van der Waals surface area contributed by atoms with E-state index in [1.54, 1.807) is 0 Å². The van der Waals surface area contributed by atoms with E-state index in [1.807, 2.05) is 0 Å². The second-order valence-electron chi connectivity index (χ2n) is 4.66. The Morgan fingerprint density at radius 3 is 2.41 bits per heavy atom. The number of halogens is 5. The quantitative estimate of drug-likeness (QED) is 0.780. The minimum Gasteiger partial charge on any atom is -0.465 e. The number of amides is 1. The third-order valence-corrected chi connectivity index (χ3v) is 3.05. The van der Waals surface area contributed by atoms with Crippen molar-refractivity contribution in [1.82, 2.24) is 4.90 Å². The molecule has 0 atom stereocenters. The molecule has 0 fully saturated rings. The van der Waals surface area contributed by atoms with Crippen LogP contribution in [0.4, 0.5) is 32.4 Å². The van der Waals surface area contributed by atoms with Gasteiger partial charge < -0.3 is 10.8 Å². The van der Waals surface area contributed by atoms with Crippen LogP contribution >= 0.6 is 0 Å². The second kappa shape index (κ2) is 5.11. The lowest BCUT2D eigenvalue weighted by Gasteiger charge is -2.21. The minimum absolute atomic E-state index is 0.185. The zero-order valence-electron chi connectivity index (χ0n) is 10.9. The fraction of sp³-hybridized carbons (Fsp3) is 0.333. The molecule has 5 nitrogen and oxygen atoms in total. The summed E-state index contributed by atoms with van der Waals surface area (Å²) >= 11 is 0. The average Bonchev–Trinajstić information content (AvgIpc) is 2.54. The van der Waals surface area contributed by atoms with E-state index in [0.29, 0.717) is 12.1 Å². The molecule has 120 valence electrons. The number of rotatable bonds is 1. The number of hydrogen-bond acceptors (Lipinski definition) is 3. The van der Waals surface area contributed by atoms with Gasteiger partial charge in [0.2, 0.25) is 0 Å². The normalized spacial score (nSPS) is 15.9. The molecule has 1 aromatic rings. The molecule has 3 N–H and O–H groups in total. The molecule has 0 unspecified atom stereocenters. The van der Waals surface area contributed by atoms with E-state index in [2.05, 4.69) is 4.99 Å². The molecular weight excluding hydrogens is 313 g/mol. The number of amidine groups is 1. The summed E-state index contributed by atoms with van der Waals surface area (Å²) in [6.45, 7) is -0.484. The van der Waals surface area contributed by atoms with Gasteiger partial charge in [0.1, 0.15) is 5.84 Å². The maximum Gasteiger partial charge on any atom is 0.458 e. The van der Waals surface area contributed by atoms with Crippen molar-refractivity contribution in [3.63, 3.8) is 0 Å². The zero-order chi connectivity index (χ0) is 16.7. The number of aliphatic imine (C=N–C) groups is 1. The zero-order valence-corrected chi connectivity index (χ0v) is 10.9. The number of alkyl halides is 5. The van der Waals surface area contributed by atoms with Gasteiger partial charge in [-0.1, -0.05) is 12.1 Å². The molecule has 0 bridgehead atoms. The van der Waals surface area contributed by atoms with Gasteiger partial charge in [-0.05, 0) is 11.6 Å². The van der Waals surface area contributed by atoms with Crippen LogP contribution in [0.15, 0.2) is 23.2 Å². The molecule has 1 aliphatic rings. The highest BCUT2D eigenvalue weighted by Gasteiger charge is 2.58. The highest BCUT2D eigenvalue weighted by atomic mass is 19.4. The van der Waals surface area contributed by atoms with Gasteiger partial charge in [0.05, 0.1) is 18.8 Å². The standard InChI is InChI=1S/C12H10F5N3O2/c13-11(14,12(15,16)17)7-2-1-6-4-20(10(21)22)5-9(18)19-8(6)3-7/h1-3H,4-5H2,(H2,18,19)(H,21,22). The molecule has 22 heavy (non-hydrogen) atoms. The first-order valence-electron chi connectivity index (χ1n) is 5.91. The summed E-state index contributed by atoms with van der Waals surface area (Å²) in [6, 6.07) is 2.16. The van der Waals surface area contributed by atoms with E-state index in [4.69, 9.17) is 10.8 Å². The van der Waals surface area contributed by atoms with E-state index >= 15 is 0 Å². The predicted octanol–water partition coefficient (Wildman–Crippen LogP) is 2.82. The van der Waals surface area contributed by atoms with Crippen LogP contribution in [0.3, 0.4) is 0 Å². The van der Waals surface area contributed by atoms with E-state index in [1.165, 1.54) is 0 Å². The summed E-state index contributed by atoms with van der Waals surface area (Å²) in [5.41, 5.74) is 4.16. The summed E-state index contributed by atoms with van der Waals surface area (Å²) in [4.78, 5) is 15.6. The monoisotopic (exact) mass is 323 g/mol. The van der Waals surface area contributed by atoms with Crippen LogP contribution < -0.4 is 5.73 Å². The lowest BCUT2D eigenvalue weighted by atomic mass is 10.0. The highest BCUT2D eigenvalue weighted by molar-refractivity contribution is 5.88. The van der Waals surface area contributed by atoms with Crippen molar-refractivity contribution in [3.05, 3.63) is 29.3 Å². The summed E-state index contributed by atoms with van der Waals surface area (Å²) in [7, 11) is 0. The molecule has 0 saturated heterocycles. The van der Waals surface area contributed by atoms with Crippen molar-refractivity contribution in [2.75, 3.05) is 6.54 Å². The molecule has 0 aliphatic carbocycles. The van der Waals surface area contributed by atoms with Crippen LogP contribution in [-0.4, -0.2) is 34.7 Å². The first-order valence-corrected chi connectivity index (χ1v) is 5.91. The molecular formula is C12H10F5N3O2. The Morgan fingerprint density at radius 2 is 1.86 bits per heavy atom. The van der Waals surface area contributed by atoms with Crippen LogP contribution in [0, 0.1) is 0 Å². The Labute approximate surface area is 120 Å². The molecule has 1 amide bonds. The van der Waals surface area contributed by atoms with Gasteiger partial charge in [0, 0.05) is 5.56 Å². The van der Waals surface area contributed by atoms with Crippen LogP contribution in [0.2, 0.25) is 0 Å². The Balaban J connectivity index is 2.48. The van der Waals surface area contributed by atoms with Gasteiger partial charge in [-0.15, -0.1) is 0 Å². The summed E-state index contributed by atoms with van der Waals surface area (Å²) in [5.74, 6) is -5.24. The Hall–Kier alpha value is -2.39. The fourth-order valence-corrected chi connectivity index (χ4v) is 1.94. The van der Waals surface area contributed by atoms with E-state index in [0.717, 1.165) is 11.0 Å². The maximum atomic E-state index is 13.3. The van der Waals surface area contributed by atoms with Gasteiger partial charge in [-0.3, -0.25) is 4.90 Å². The Bertz CT molecular complexity index is 642. The molecule has 2 rings (SSSR count). The number of nitrogens with zero attached hydrogens (tertiary/aromatic N) is 2. The number of hydrogen-bond donors (Lipinski definition) is 2. The van der Waals surface area contributed by atoms with Gasteiger partial charge >= 0.3 is 18.2 Å². The number of nitrogens with two attached hydrogens (primary N) is 1. The lowest BCUT2D eigenvalue weighted by Crippen LogP contribution is -2.35. The topological polar surface area (TPSA) is 78.9 Å². The van der Waals surface area contributed by atoms with Crippen molar-refractivity contribution >= 4 is 17.6 Å². The molecule has 1 aliphatic heterocycles. The smallest absolute Gasteiger partial charge is 0.458 e. The fourth-order valence-electron chi connectivity index (χ4n) is 1.94. The molecule has 0 spiro atoms. The van der Waals surface area contributed by atoms with Crippen LogP contribution in [0.5, 0.6) is 0 Å². The van der Waals surface area contributed by atoms with E-state index < -0.39 is 23.8 Å². The summed E-state index contributed by atoms with van der Waals surface area (Å²) < 4.78 is 63.8. The number of carbonyl (C=O) groups is 1. The molecule has 10 heteroatoms. The van der Waals surface area contributed by atoms with Crippen LogP contribution in [0.1, 0.15) is 11.1 Å². The second-order valence-corrected chi connectivity index (χ2v) is 4.66. The van der Waals surface area contributed by atoms with E-state index in [9.17, 15) is 26.7 Å². The van der Waals surface area contributed by atoms with Gasteiger partial charge in [-0.2, -0.15) is 22.0 Å². The van der Waals surface area contributed by atoms with Crippen LogP contribution in [-0.2, 0) is 12.5 Å². The third-order valence-electron chi connectivity index (χ3n) is 3.05. The molecule has 1 aromatic carbocycles. The maximum absolute atomic E-state index is 13.3. The lowest BCUT2D eigenvalue weighted by molar-refractivity contribution is -0.289. The van der Waals surface area contributed by atoms with Gasteiger partial charge in [0.25, 0.3) is 0 Å². The average molecular weight is 323 g/mol. The molecule has 0 saturated carbocycles. The number of carboxylic acid groups (broad SMARTS) is 1. The molecule has 0 radical (unpaired) electrons.